The molecule has 30 heavy (non-hydrogen) atoms. The number of aromatic nitrogens is 2. The summed E-state index contributed by atoms with van der Waals surface area (Å²) < 4.78 is 0. The smallest absolute Gasteiger partial charge is 0.256 e. The number of aryl methyl sites for hydroxylation is 1. The van der Waals surface area contributed by atoms with Crippen molar-refractivity contribution in [3.63, 3.8) is 0 Å². The van der Waals surface area contributed by atoms with Gasteiger partial charge in [-0.1, -0.05) is 72.3 Å². The lowest BCUT2D eigenvalue weighted by Gasteiger charge is -2.11. The van der Waals surface area contributed by atoms with Gasteiger partial charge in [-0.3, -0.25) is 4.79 Å². The van der Waals surface area contributed by atoms with Crippen molar-refractivity contribution >= 4 is 10.9 Å². The normalized spacial score (nSPS) is 11.0. The van der Waals surface area contributed by atoms with Crippen molar-refractivity contribution in [2.24, 2.45) is 0 Å². The van der Waals surface area contributed by atoms with E-state index in [0.29, 0.717) is 5.56 Å². The number of nitrogens with zero attached hydrogens (tertiary/aromatic N) is 1. The minimum atomic E-state index is -0.101. The Kier molecular flexibility index (Phi) is 4.49. The number of benzene rings is 3. The molecule has 144 valence electrons. The average molecular weight is 388 g/mol. The molecule has 3 heteroatoms. The van der Waals surface area contributed by atoms with Gasteiger partial charge in [0.05, 0.1) is 11.4 Å². The number of fused-ring (bicyclic) bond motifs is 1. The molecule has 5 aromatic rings. The first-order valence-corrected chi connectivity index (χ1v) is 9.94. The second kappa shape index (κ2) is 7.45. The molecule has 0 spiro atoms. The van der Waals surface area contributed by atoms with Gasteiger partial charge in [-0.15, -0.1) is 0 Å². The lowest BCUT2D eigenvalue weighted by molar-refractivity contribution is 1.28. The fraction of sp³-hybridized carbons (Fsp3) is 0.0370. The quantitative estimate of drug-likeness (QED) is 0.398. The van der Waals surface area contributed by atoms with Gasteiger partial charge in [0.15, 0.2) is 0 Å². The van der Waals surface area contributed by atoms with E-state index >= 15 is 0 Å². The van der Waals surface area contributed by atoms with Crippen LogP contribution in [0.5, 0.6) is 0 Å². The third kappa shape index (κ3) is 3.42. The van der Waals surface area contributed by atoms with Crippen LogP contribution in [-0.2, 0) is 0 Å². The summed E-state index contributed by atoms with van der Waals surface area (Å²) in [5, 5.41) is 1.02. The van der Waals surface area contributed by atoms with Crippen molar-refractivity contribution in [3.05, 3.63) is 113 Å². The number of H-pyrrole nitrogens is 1. The molecule has 0 radical (unpaired) electrons. The van der Waals surface area contributed by atoms with Crippen LogP contribution >= 0.6 is 0 Å². The monoisotopic (exact) mass is 388 g/mol. The first kappa shape index (κ1) is 18.1. The van der Waals surface area contributed by atoms with Gasteiger partial charge in [-0.05, 0) is 48.2 Å². The minimum absolute atomic E-state index is 0.101. The Hall–Kier alpha value is -3.98. The highest BCUT2D eigenvalue weighted by Crippen LogP contribution is 2.29. The van der Waals surface area contributed by atoms with Crippen LogP contribution < -0.4 is 5.56 Å². The molecule has 1 N–H and O–H groups in total. The van der Waals surface area contributed by atoms with Gasteiger partial charge in [0.25, 0.3) is 5.56 Å². The minimum Gasteiger partial charge on any atom is -0.321 e. The summed E-state index contributed by atoms with van der Waals surface area (Å²) in [4.78, 5) is 20.9. The van der Waals surface area contributed by atoms with Crippen molar-refractivity contribution in [3.8, 4) is 33.6 Å². The second-order valence-corrected chi connectivity index (χ2v) is 7.46. The largest absolute Gasteiger partial charge is 0.321 e. The molecular formula is C27H20N2O. The first-order valence-electron chi connectivity index (χ1n) is 9.94. The molecular weight excluding hydrogens is 368 g/mol. The van der Waals surface area contributed by atoms with Crippen LogP contribution in [0.1, 0.15) is 5.56 Å². The van der Waals surface area contributed by atoms with E-state index < -0.39 is 0 Å². The summed E-state index contributed by atoms with van der Waals surface area (Å²) in [6.07, 6.45) is 0. The van der Waals surface area contributed by atoms with Crippen molar-refractivity contribution in [1.29, 1.82) is 0 Å². The predicted octanol–water partition coefficient (Wildman–Crippen LogP) is 6.23. The molecule has 0 aliphatic heterocycles. The standard InChI is InChI=1S/C27H20N2O/c1-18-12-13-24-22(14-18)15-23(27(30)29-24)21-16-25(19-8-4-2-5-9-19)28-26(17-21)20-10-6-3-7-11-20/h2-17H,1H3,(H,29,30). The SMILES string of the molecule is Cc1ccc2[nH]c(=O)c(-c3cc(-c4ccccc4)nc(-c4ccccc4)c3)cc2c1. The molecule has 0 aliphatic rings. The molecule has 0 atom stereocenters. The number of aromatic amines is 1. The molecule has 0 aliphatic carbocycles. The highest BCUT2D eigenvalue weighted by Gasteiger charge is 2.12. The van der Waals surface area contributed by atoms with E-state index in [-0.39, 0.29) is 5.56 Å². The Labute approximate surface area is 174 Å². The topological polar surface area (TPSA) is 45.8 Å². The van der Waals surface area contributed by atoms with Crippen LogP contribution in [0.15, 0.2) is 102 Å². The molecule has 0 fully saturated rings. The molecule has 5 rings (SSSR count). The maximum Gasteiger partial charge on any atom is 0.256 e. The van der Waals surface area contributed by atoms with E-state index in [0.717, 1.165) is 44.5 Å². The van der Waals surface area contributed by atoms with Crippen LogP contribution in [0, 0.1) is 6.92 Å². The van der Waals surface area contributed by atoms with Gasteiger partial charge >= 0.3 is 0 Å². The first-order chi connectivity index (χ1) is 14.7. The molecule has 2 aromatic heterocycles. The highest BCUT2D eigenvalue weighted by atomic mass is 16.1. The average Bonchev–Trinajstić information content (AvgIpc) is 2.80. The maximum absolute atomic E-state index is 12.9. The Morgan fingerprint density at radius 3 is 1.87 bits per heavy atom. The Bertz CT molecular complexity index is 1350. The summed E-state index contributed by atoms with van der Waals surface area (Å²) in [7, 11) is 0. The number of hydrogen-bond donors (Lipinski definition) is 1. The van der Waals surface area contributed by atoms with E-state index in [9.17, 15) is 4.79 Å². The fourth-order valence-electron chi connectivity index (χ4n) is 3.74. The number of nitrogens with one attached hydrogen (secondary N) is 1. The molecule has 3 nitrogen and oxygen atoms in total. The number of rotatable bonds is 3. The number of hydrogen-bond acceptors (Lipinski definition) is 2. The van der Waals surface area contributed by atoms with Crippen LogP contribution in [0.3, 0.4) is 0 Å². The van der Waals surface area contributed by atoms with Crippen molar-refractivity contribution in [1.82, 2.24) is 9.97 Å². The third-order valence-electron chi connectivity index (χ3n) is 5.28. The third-order valence-corrected chi connectivity index (χ3v) is 5.28. The Morgan fingerprint density at radius 1 is 0.667 bits per heavy atom. The maximum atomic E-state index is 12.9. The molecule has 0 bridgehead atoms. The molecule has 0 amide bonds. The summed E-state index contributed by atoms with van der Waals surface area (Å²) in [5.41, 5.74) is 7.12. The van der Waals surface area contributed by atoms with Crippen LogP contribution in [0.25, 0.3) is 44.5 Å². The molecule has 0 saturated heterocycles. The van der Waals surface area contributed by atoms with Crippen LogP contribution in [0.4, 0.5) is 0 Å². The van der Waals surface area contributed by atoms with E-state index in [2.05, 4.69) is 18.0 Å². The number of pyridine rings is 2. The summed E-state index contributed by atoms with van der Waals surface area (Å²) >= 11 is 0. The molecule has 2 heterocycles. The van der Waals surface area contributed by atoms with Gasteiger partial charge in [-0.25, -0.2) is 4.98 Å². The summed E-state index contributed by atoms with van der Waals surface area (Å²) in [6.45, 7) is 2.05. The van der Waals surface area contributed by atoms with Gasteiger partial charge in [0.2, 0.25) is 0 Å². The molecule has 3 aromatic carbocycles. The van der Waals surface area contributed by atoms with E-state index in [1.807, 2.05) is 91.0 Å². The Balaban J connectivity index is 1.76. The van der Waals surface area contributed by atoms with Crippen LogP contribution in [0.2, 0.25) is 0 Å². The van der Waals surface area contributed by atoms with Crippen molar-refractivity contribution in [2.75, 3.05) is 0 Å². The Morgan fingerprint density at radius 2 is 1.27 bits per heavy atom. The summed E-state index contributed by atoms with van der Waals surface area (Å²) in [6, 6.07) is 32.1. The van der Waals surface area contributed by atoms with Gasteiger partial charge < -0.3 is 4.98 Å². The van der Waals surface area contributed by atoms with Gasteiger partial charge in [-0.2, -0.15) is 0 Å². The molecule has 0 unspecified atom stereocenters. The molecule has 0 saturated carbocycles. The predicted molar refractivity (Wildman–Crippen MR) is 123 cm³/mol. The van der Waals surface area contributed by atoms with E-state index in [1.165, 1.54) is 0 Å². The fourth-order valence-corrected chi connectivity index (χ4v) is 3.74. The lowest BCUT2D eigenvalue weighted by Crippen LogP contribution is -2.09. The lowest BCUT2D eigenvalue weighted by atomic mass is 9.99. The zero-order valence-corrected chi connectivity index (χ0v) is 16.6. The van der Waals surface area contributed by atoms with E-state index in [1.54, 1.807) is 0 Å². The van der Waals surface area contributed by atoms with Crippen molar-refractivity contribution in [2.45, 2.75) is 6.92 Å². The van der Waals surface area contributed by atoms with Crippen LogP contribution in [-0.4, -0.2) is 9.97 Å². The van der Waals surface area contributed by atoms with Gasteiger partial charge in [0, 0.05) is 22.2 Å². The van der Waals surface area contributed by atoms with Crippen molar-refractivity contribution < 1.29 is 0 Å². The van der Waals surface area contributed by atoms with E-state index in [4.69, 9.17) is 4.98 Å². The second-order valence-electron chi connectivity index (χ2n) is 7.46. The summed E-state index contributed by atoms with van der Waals surface area (Å²) in [5.74, 6) is 0. The van der Waals surface area contributed by atoms with Gasteiger partial charge in [0.1, 0.15) is 0 Å². The zero-order chi connectivity index (χ0) is 20.5. The zero-order valence-electron chi connectivity index (χ0n) is 16.6. The highest BCUT2D eigenvalue weighted by molar-refractivity contribution is 5.85.